The topological polar surface area (TPSA) is 70.7 Å². The number of aromatic amines is 1. The molecule has 28 heavy (non-hydrogen) atoms. The minimum atomic E-state index is -0.408. The Morgan fingerprint density at radius 2 is 1.89 bits per heavy atom. The summed E-state index contributed by atoms with van der Waals surface area (Å²) in [5, 5.41) is 9.84. The van der Waals surface area contributed by atoms with Crippen LogP contribution in [0.25, 0.3) is 11.4 Å². The molecular weight excluding hydrogens is 375 g/mol. The molecule has 7 heteroatoms. The Kier molecular flexibility index (Phi) is 6.46. The number of H-pyrrole nitrogens is 1. The molecule has 2 atom stereocenters. The lowest BCUT2D eigenvalue weighted by Gasteiger charge is -2.17. The van der Waals surface area contributed by atoms with Crippen molar-refractivity contribution in [2.45, 2.75) is 43.5 Å². The summed E-state index contributed by atoms with van der Waals surface area (Å²) >= 11 is 1.22. The van der Waals surface area contributed by atoms with Gasteiger partial charge in [-0.3, -0.25) is 9.89 Å². The summed E-state index contributed by atoms with van der Waals surface area (Å²) in [4.78, 5) is 17.0. The van der Waals surface area contributed by atoms with Gasteiger partial charge in [-0.1, -0.05) is 55.9 Å². The number of hydrogen-bond acceptors (Lipinski definition) is 4. The molecule has 3 rings (SSSR count). The smallest absolute Gasteiger partial charge is 0.237 e. The molecule has 1 aromatic heterocycles. The molecule has 0 aliphatic carbocycles. The average molecular weight is 399 g/mol. The van der Waals surface area contributed by atoms with Crippen LogP contribution in [0.1, 0.15) is 38.7 Å². The number of halogens is 1. The van der Waals surface area contributed by atoms with E-state index in [1.165, 1.54) is 17.8 Å². The van der Waals surface area contributed by atoms with E-state index < -0.39 is 5.25 Å². The molecule has 2 N–H and O–H groups in total. The molecule has 0 aliphatic rings. The van der Waals surface area contributed by atoms with Gasteiger partial charge in [0, 0.05) is 5.69 Å². The van der Waals surface area contributed by atoms with E-state index in [0.29, 0.717) is 22.5 Å². The van der Waals surface area contributed by atoms with E-state index in [9.17, 15) is 9.18 Å². The first-order valence-electron chi connectivity index (χ1n) is 9.23. The summed E-state index contributed by atoms with van der Waals surface area (Å²) < 4.78 is 13.9. The zero-order chi connectivity index (χ0) is 20.1. The Bertz CT molecular complexity index is 959. The molecule has 0 bridgehead atoms. The number of anilines is 1. The van der Waals surface area contributed by atoms with Crippen LogP contribution in [-0.4, -0.2) is 26.3 Å². The van der Waals surface area contributed by atoms with Crippen molar-refractivity contribution in [3.8, 4) is 11.4 Å². The number of hydrogen-bond donors (Lipinski definition) is 2. The summed E-state index contributed by atoms with van der Waals surface area (Å²) in [6, 6.07) is 14.2. The lowest BCUT2D eigenvalue weighted by atomic mass is 9.97. The quantitative estimate of drug-likeness (QED) is 0.534. The first-order chi connectivity index (χ1) is 13.5. The van der Waals surface area contributed by atoms with E-state index in [2.05, 4.69) is 34.3 Å². The van der Waals surface area contributed by atoms with Crippen LogP contribution >= 0.6 is 11.8 Å². The molecule has 0 saturated carbocycles. The van der Waals surface area contributed by atoms with Crippen LogP contribution in [0, 0.1) is 5.82 Å². The van der Waals surface area contributed by atoms with Crippen molar-refractivity contribution in [2.24, 2.45) is 0 Å². The number of carbonyl (C=O) groups is 1. The van der Waals surface area contributed by atoms with E-state index in [4.69, 9.17) is 0 Å². The van der Waals surface area contributed by atoms with Crippen molar-refractivity contribution in [3.05, 3.63) is 59.9 Å². The highest BCUT2D eigenvalue weighted by Crippen LogP contribution is 2.28. The van der Waals surface area contributed by atoms with Gasteiger partial charge in [-0.05, 0) is 43.0 Å². The van der Waals surface area contributed by atoms with E-state index in [1.54, 1.807) is 25.1 Å². The van der Waals surface area contributed by atoms with Gasteiger partial charge in [0.2, 0.25) is 11.1 Å². The fourth-order valence-corrected chi connectivity index (χ4v) is 3.50. The van der Waals surface area contributed by atoms with Crippen LogP contribution < -0.4 is 5.32 Å². The van der Waals surface area contributed by atoms with Crippen molar-refractivity contribution in [3.63, 3.8) is 0 Å². The maximum Gasteiger partial charge on any atom is 0.237 e. The Morgan fingerprint density at radius 3 is 2.64 bits per heavy atom. The van der Waals surface area contributed by atoms with E-state index in [0.717, 1.165) is 17.7 Å². The standard InChI is InChI=1S/C21H23FN4OS/c1-4-13(2)15-9-6-8-12-18(15)23-20(27)14(3)28-21-24-19(25-26-21)16-10-5-7-11-17(16)22/h5-14H,4H2,1-3H3,(H,23,27)(H,24,25,26)/t13-,14-/m0/s1. The van der Waals surface area contributed by atoms with Crippen LogP contribution in [0.5, 0.6) is 0 Å². The van der Waals surface area contributed by atoms with Crippen molar-refractivity contribution in [1.29, 1.82) is 0 Å². The number of benzene rings is 2. The largest absolute Gasteiger partial charge is 0.325 e. The number of para-hydroxylation sites is 1. The minimum Gasteiger partial charge on any atom is -0.325 e. The van der Waals surface area contributed by atoms with Gasteiger partial charge in [0.05, 0.1) is 10.8 Å². The van der Waals surface area contributed by atoms with Gasteiger partial charge in [-0.2, -0.15) is 0 Å². The number of aromatic nitrogens is 3. The molecule has 0 aliphatic heterocycles. The van der Waals surface area contributed by atoms with E-state index in [1.807, 2.05) is 24.3 Å². The number of nitrogens with zero attached hydrogens (tertiary/aromatic N) is 2. The average Bonchev–Trinajstić information content (AvgIpc) is 3.16. The highest BCUT2D eigenvalue weighted by atomic mass is 32.2. The summed E-state index contributed by atoms with van der Waals surface area (Å²) in [6.45, 7) is 6.06. The SMILES string of the molecule is CC[C@H](C)c1ccccc1NC(=O)[C@H](C)Sc1n[nH]c(-c2ccccc2F)n1. The fraction of sp³-hybridized carbons (Fsp3) is 0.286. The summed E-state index contributed by atoms with van der Waals surface area (Å²) in [5.41, 5.74) is 2.30. The first kappa shape index (κ1) is 20.1. The maximum atomic E-state index is 13.9. The lowest BCUT2D eigenvalue weighted by molar-refractivity contribution is -0.115. The first-order valence-corrected chi connectivity index (χ1v) is 10.1. The monoisotopic (exact) mass is 398 g/mol. The molecule has 5 nitrogen and oxygen atoms in total. The second kappa shape index (κ2) is 9.01. The van der Waals surface area contributed by atoms with Crippen LogP contribution in [0.2, 0.25) is 0 Å². The molecule has 0 saturated heterocycles. The normalized spacial score (nSPS) is 13.1. The number of nitrogens with one attached hydrogen (secondary N) is 2. The zero-order valence-corrected chi connectivity index (χ0v) is 16.9. The predicted octanol–water partition coefficient (Wildman–Crippen LogP) is 5.24. The molecule has 0 radical (unpaired) electrons. The van der Waals surface area contributed by atoms with Crippen LogP contribution in [0.3, 0.4) is 0 Å². The zero-order valence-electron chi connectivity index (χ0n) is 16.1. The summed E-state index contributed by atoms with van der Waals surface area (Å²) in [5.74, 6) is 0.201. The van der Waals surface area contributed by atoms with E-state index in [-0.39, 0.29) is 11.7 Å². The number of rotatable bonds is 7. The van der Waals surface area contributed by atoms with Gasteiger partial charge in [0.1, 0.15) is 5.82 Å². The van der Waals surface area contributed by atoms with E-state index >= 15 is 0 Å². The Labute approximate surface area is 168 Å². The number of thioether (sulfide) groups is 1. The van der Waals surface area contributed by atoms with Gasteiger partial charge in [0.15, 0.2) is 5.82 Å². The molecule has 3 aromatic rings. The van der Waals surface area contributed by atoms with Crippen molar-refractivity contribution >= 4 is 23.4 Å². The Hall–Kier alpha value is -2.67. The van der Waals surface area contributed by atoms with Crippen LogP contribution in [0.15, 0.2) is 53.7 Å². The molecule has 146 valence electrons. The maximum absolute atomic E-state index is 13.9. The van der Waals surface area contributed by atoms with Gasteiger partial charge >= 0.3 is 0 Å². The molecule has 1 heterocycles. The predicted molar refractivity (Wildman–Crippen MR) is 111 cm³/mol. The third kappa shape index (κ3) is 4.59. The summed E-state index contributed by atoms with van der Waals surface area (Å²) in [6.07, 6.45) is 0.993. The molecule has 1 amide bonds. The molecule has 2 aromatic carbocycles. The van der Waals surface area contributed by atoms with Gasteiger partial charge < -0.3 is 5.32 Å². The van der Waals surface area contributed by atoms with Crippen molar-refractivity contribution < 1.29 is 9.18 Å². The third-order valence-corrected chi connectivity index (χ3v) is 5.57. The number of carbonyl (C=O) groups excluding carboxylic acids is 1. The van der Waals surface area contributed by atoms with Gasteiger partial charge in [-0.25, -0.2) is 9.37 Å². The van der Waals surface area contributed by atoms with Crippen molar-refractivity contribution in [2.75, 3.05) is 5.32 Å². The lowest BCUT2D eigenvalue weighted by Crippen LogP contribution is -2.23. The van der Waals surface area contributed by atoms with Gasteiger partial charge in [0.25, 0.3) is 0 Å². The van der Waals surface area contributed by atoms with Crippen LogP contribution in [0.4, 0.5) is 10.1 Å². The van der Waals surface area contributed by atoms with Crippen molar-refractivity contribution in [1.82, 2.24) is 15.2 Å². The highest BCUT2D eigenvalue weighted by molar-refractivity contribution is 8.00. The van der Waals surface area contributed by atoms with Crippen LogP contribution in [-0.2, 0) is 4.79 Å². The van der Waals surface area contributed by atoms with Gasteiger partial charge in [-0.15, -0.1) is 5.10 Å². The second-order valence-corrected chi connectivity index (χ2v) is 7.90. The molecule has 0 spiro atoms. The fourth-order valence-electron chi connectivity index (χ4n) is 2.78. The molecule has 0 fully saturated rings. The minimum absolute atomic E-state index is 0.127. The molecule has 0 unspecified atom stereocenters. The Balaban J connectivity index is 1.68. The second-order valence-electron chi connectivity index (χ2n) is 6.59. The highest BCUT2D eigenvalue weighted by Gasteiger charge is 2.20. The summed E-state index contributed by atoms with van der Waals surface area (Å²) in [7, 11) is 0. The molecular formula is C21H23FN4OS. The Morgan fingerprint density at radius 1 is 1.18 bits per heavy atom. The number of amides is 1. The third-order valence-electron chi connectivity index (χ3n) is 4.61.